The third kappa shape index (κ3) is 5.22. The molecule has 0 aliphatic rings. The Labute approximate surface area is 119 Å². The minimum atomic E-state index is -4.75. The predicted molar refractivity (Wildman–Crippen MR) is 72.6 cm³/mol. The summed E-state index contributed by atoms with van der Waals surface area (Å²) < 4.78 is 55.2. The number of rotatable bonds is 4. The third-order valence-corrected chi connectivity index (χ3v) is 4.13. The van der Waals surface area contributed by atoms with E-state index in [0.29, 0.717) is 5.56 Å². The van der Waals surface area contributed by atoms with E-state index in [1.54, 1.807) is 33.8 Å². The number of hydrogen-bond donors (Lipinski definition) is 1. The highest BCUT2D eigenvalue weighted by Crippen LogP contribution is 2.31. The fraction of sp³-hybridized carbons (Fsp3) is 0.538. The fourth-order valence-corrected chi connectivity index (χ4v) is 2.26. The molecule has 0 fully saturated rings. The lowest BCUT2D eigenvalue weighted by atomic mass is 10.1. The summed E-state index contributed by atoms with van der Waals surface area (Å²) in [5.41, 5.74) is 0.308. The molecule has 0 saturated carbocycles. The summed E-state index contributed by atoms with van der Waals surface area (Å²) in [6.07, 6.45) is -4.75. The number of nitrogens with one attached hydrogen (secondary N) is 1. The van der Waals surface area contributed by atoms with E-state index < -0.39 is 28.5 Å². The van der Waals surface area contributed by atoms with Gasteiger partial charge in [0.1, 0.15) is 10.5 Å². The standard InChI is InChI=1S/C13H18F3NO2S/c1-9(17-20(18)12(2,3)4)10-7-5-6-8-11(10)19-13(14,15)16/h5-9,17H,1-4H3/t9-,20+/m0/s1. The molecule has 3 nitrogen and oxygen atoms in total. The van der Waals surface area contributed by atoms with Crippen LogP contribution in [0.25, 0.3) is 0 Å². The maximum Gasteiger partial charge on any atom is 0.573 e. The Hall–Kier alpha value is -0.920. The molecule has 0 heterocycles. The number of halogens is 3. The van der Waals surface area contributed by atoms with Gasteiger partial charge < -0.3 is 9.29 Å². The van der Waals surface area contributed by atoms with Gasteiger partial charge in [0.2, 0.25) is 0 Å². The van der Waals surface area contributed by atoms with Gasteiger partial charge in [-0.1, -0.05) is 18.2 Å². The van der Waals surface area contributed by atoms with E-state index >= 15 is 0 Å². The van der Waals surface area contributed by atoms with Crippen LogP contribution in [-0.2, 0) is 11.4 Å². The zero-order valence-corrected chi connectivity index (χ0v) is 12.6. The van der Waals surface area contributed by atoms with Crippen molar-refractivity contribution in [3.63, 3.8) is 0 Å². The first-order chi connectivity index (χ1) is 9.00. The van der Waals surface area contributed by atoms with Crippen molar-refractivity contribution >= 4 is 11.4 Å². The number of benzene rings is 1. The van der Waals surface area contributed by atoms with Gasteiger partial charge in [-0.15, -0.1) is 17.9 Å². The minimum Gasteiger partial charge on any atom is -0.598 e. The lowest BCUT2D eigenvalue weighted by Crippen LogP contribution is -2.40. The van der Waals surface area contributed by atoms with Gasteiger partial charge >= 0.3 is 6.36 Å². The number of ether oxygens (including phenoxy) is 1. The molecule has 1 N–H and O–H groups in total. The van der Waals surface area contributed by atoms with Crippen LogP contribution in [0.15, 0.2) is 24.3 Å². The summed E-state index contributed by atoms with van der Waals surface area (Å²) in [5.74, 6) is -0.286. The summed E-state index contributed by atoms with van der Waals surface area (Å²) in [4.78, 5) is 0. The van der Waals surface area contributed by atoms with E-state index in [-0.39, 0.29) is 5.75 Å². The second-order valence-corrected chi connectivity index (χ2v) is 7.30. The van der Waals surface area contributed by atoms with E-state index in [2.05, 4.69) is 9.46 Å². The van der Waals surface area contributed by atoms with Gasteiger partial charge in [0, 0.05) is 16.9 Å². The zero-order chi connectivity index (χ0) is 15.6. The monoisotopic (exact) mass is 309 g/mol. The summed E-state index contributed by atoms with van der Waals surface area (Å²) in [7, 11) is 0. The van der Waals surface area contributed by atoms with Crippen molar-refractivity contribution in [2.75, 3.05) is 0 Å². The Morgan fingerprint density at radius 1 is 1.20 bits per heavy atom. The largest absolute Gasteiger partial charge is 0.598 e. The van der Waals surface area contributed by atoms with Crippen LogP contribution in [0.1, 0.15) is 39.3 Å². The Bertz CT molecular complexity index is 446. The van der Waals surface area contributed by atoms with Crippen LogP contribution in [0, 0.1) is 0 Å². The second kappa shape index (κ2) is 6.24. The summed E-state index contributed by atoms with van der Waals surface area (Å²) >= 11 is -1.39. The Kier molecular flexibility index (Phi) is 5.34. The van der Waals surface area contributed by atoms with Crippen molar-refractivity contribution in [2.45, 2.75) is 44.8 Å². The highest BCUT2D eigenvalue weighted by Gasteiger charge is 2.34. The van der Waals surface area contributed by atoms with Gasteiger partial charge in [0.05, 0.1) is 6.04 Å². The Morgan fingerprint density at radius 2 is 1.75 bits per heavy atom. The van der Waals surface area contributed by atoms with Crippen LogP contribution in [-0.4, -0.2) is 15.7 Å². The molecule has 0 aliphatic heterocycles. The smallest absolute Gasteiger partial charge is 0.573 e. The van der Waals surface area contributed by atoms with Crippen molar-refractivity contribution in [1.29, 1.82) is 0 Å². The van der Waals surface area contributed by atoms with Gasteiger partial charge in [0.15, 0.2) is 0 Å². The molecule has 0 spiro atoms. The van der Waals surface area contributed by atoms with Crippen LogP contribution in [0.2, 0.25) is 0 Å². The van der Waals surface area contributed by atoms with E-state index in [0.717, 1.165) is 0 Å². The SMILES string of the molecule is C[C@H](N[S@+]([O-])C(C)(C)C)c1ccccc1OC(F)(F)F. The third-order valence-electron chi connectivity index (χ3n) is 2.45. The van der Waals surface area contributed by atoms with Crippen molar-refractivity contribution < 1.29 is 22.5 Å². The van der Waals surface area contributed by atoms with Gasteiger partial charge in [0.25, 0.3) is 0 Å². The highest BCUT2D eigenvalue weighted by atomic mass is 32.2. The van der Waals surface area contributed by atoms with Crippen LogP contribution in [0.4, 0.5) is 13.2 Å². The molecule has 0 aromatic heterocycles. The van der Waals surface area contributed by atoms with Crippen molar-refractivity contribution in [2.24, 2.45) is 0 Å². The maximum absolute atomic E-state index is 12.3. The number of hydrogen-bond acceptors (Lipinski definition) is 3. The van der Waals surface area contributed by atoms with Gasteiger partial charge in [-0.05, 0) is 33.8 Å². The second-order valence-electron chi connectivity index (χ2n) is 5.31. The van der Waals surface area contributed by atoms with Crippen LogP contribution < -0.4 is 9.46 Å². The van der Waals surface area contributed by atoms with E-state index in [4.69, 9.17) is 0 Å². The molecule has 0 amide bonds. The van der Waals surface area contributed by atoms with Gasteiger partial charge in [-0.3, -0.25) is 0 Å². The number of alkyl halides is 3. The molecule has 1 aromatic rings. The van der Waals surface area contributed by atoms with Crippen LogP contribution >= 0.6 is 0 Å². The molecule has 0 unspecified atom stereocenters. The van der Waals surface area contributed by atoms with E-state index in [1.165, 1.54) is 18.2 Å². The molecule has 0 radical (unpaired) electrons. The predicted octanol–water partition coefficient (Wildman–Crippen LogP) is 3.70. The molecular weight excluding hydrogens is 291 g/mol. The average molecular weight is 309 g/mol. The zero-order valence-electron chi connectivity index (χ0n) is 11.7. The minimum absolute atomic E-state index is 0.286. The highest BCUT2D eigenvalue weighted by molar-refractivity contribution is 7.90. The Balaban J connectivity index is 2.90. The first-order valence-corrected chi connectivity index (χ1v) is 7.18. The molecule has 0 bridgehead atoms. The number of para-hydroxylation sites is 1. The lowest BCUT2D eigenvalue weighted by molar-refractivity contribution is -0.275. The molecule has 0 saturated heterocycles. The van der Waals surface area contributed by atoms with Crippen molar-refractivity contribution in [3.05, 3.63) is 29.8 Å². The van der Waals surface area contributed by atoms with Gasteiger partial charge in [-0.25, -0.2) is 0 Å². The molecule has 114 valence electrons. The fourth-order valence-electron chi connectivity index (χ4n) is 1.46. The van der Waals surface area contributed by atoms with Crippen molar-refractivity contribution in [1.82, 2.24) is 4.72 Å². The quantitative estimate of drug-likeness (QED) is 0.863. The molecule has 1 aromatic carbocycles. The van der Waals surface area contributed by atoms with E-state index in [9.17, 15) is 17.7 Å². The normalized spacial score (nSPS) is 15.8. The molecule has 20 heavy (non-hydrogen) atoms. The Morgan fingerprint density at radius 3 is 2.25 bits per heavy atom. The molecular formula is C13H18F3NO2S. The molecule has 2 atom stereocenters. The first kappa shape index (κ1) is 17.1. The summed E-state index contributed by atoms with van der Waals surface area (Å²) in [6, 6.07) is 5.28. The summed E-state index contributed by atoms with van der Waals surface area (Å²) in [6.45, 7) is 6.98. The molecule has 0 aliphatic carbocycles. The average Bonchev–Trinajstić information content (AvgIpc) is 2.25. The maximum atomic E-state index is 12.3. The van der Waals surface area contributed by atoms with Crippen molar-refractivity contribution in [3.8, 4) is 5.75 Å². The van der Waals surface area contributed by atoms with Crippen LogP contribution in [0.5, 0.6) is 5.75 Å². The van der Waals surface area contributed by atoms with E-state index in [1.807, 2.05) is 0 Å². The first-order valence-electron chi connectivity index (χ1n) is 6.03. The van der Waals surface area contributed by atoms with Gasteiger partial charge in [-0.2, -0.15) is 0 Å². The topological polar surface area (TPSA) is 44.3 Å². The lowest BCUT2D eigenvalue weighted by Gasteiger charge is -2.27. The van der Waals surface area contributed by atoms with Crippen LogP contribution in [0.3, 0.4) is 0 Å². The summed E-state index contributed by atoms with van der Waals surface area (Å²) in [5, 5.41) is 0. The molecule has 1 rings (SSSR count). The molecule has 7 heteroatoms.